The number of carbonyl (C=O) groups is 1. The molecule has 0 aliphatic carbocycles. The summed E-state index contributed by atoms with van der Waals surface area (Å²) in [6, 6.07) is 7.98. The van der Waals surface area contributed by atoms with Gasteiger partial charge in [-0.05, 0) is 44.0 Å². The van der Waals surface area contributed by atoms with E-state index in [-0.39, 0.29) is 5.91 Å². The number of benzene rings is 1. The van der Waals surface area contributed by atoms with Crippen LogP contribution in [0.3, 0.4) is 0 Å². The van der Waals surface area contributed by atoms with Crippen molar-refractivity contribution in [2.24, 2.45) is 0 Å². The normalized spacial score (nSPS) is 12.0. The van der Waals surface area contributed by atoms with Gasteiger partial charge in [0.25, 0.3) is 5.91 Å². The van der Waals surface area contributed by atoms with Crippen molar-refractivity contribution in [3.8, 4) is 0 Å². The van der Waals surface area contributed by atoms with E-state index in [2.05, 4.69) is 26.1 Å². The van der Waals surface area contributed by atoms with Crippen molar-refractivity contribution in [3.63, 3.8) is 0 Å². The van der Waals surface area contributed by atoms with Crippen molar-refractivity contribution in [2.75, 3.05) is 18.9 Å². The number of nitrogens with one attached hydrogen (secondary N) is 1. The fourth-order valence-electron chi connectivity index (χ4n) is 2.02. The van der Waals surface area contributed by atoms with Crippen LogP contribution in [0.1, 0.15) is 50.4 Å². The van der Waals surface area contributed by atoms with Crippen molar-refractivity contribution in [1.82, 2.24) is 4.90 Å². The maximum Gasteiger partial charge on any atom is 0.254 e. The van der Waals surface area contributed by atoms with E-state index in [4.69, 9.17) is 0 Å². The largest absolute Gasteiger partial charge is 0.388 e. The lowest BCUT2D eigenvalue weighted by Gasteiger charge is -2.28. The molecule has 3 nitrogen and oxygen atoms in total. The molecule has 106 valence electrons. The Balaban J connectivity index is 2.84. The molecule has 1 N–H and O–H groups in total. The first kappa shape index (κ1) is 15.5. The highest BCUT2D eigenvalue weighted by atomic mass is 16.2. The first-order chi connectivity index (χ1) is 9.13. The van der Waals surface area contributed by atoms with Crippen LogP contribution in [-0.4, -0.2) is 30.4 Å². The minimum Gasteiger partial charge on any atom is -0.388 e. The molecule has 1 unspecified atom stereocenters. The van der Waals surface area contributed by atoms with Crippen LogP contribution in [0.4, 0.5) is 5.69 Å². The Morgan fingerprint density at radius 3 is 2.37 bits per heavy atom. The number of anilines is 1. The third-order valence-electron chi connectivity index (χ3n) is 3.56. The molecule has 0 spiro atoms. The maximum atomic E-state index is 12.6. The molecule has 19 heavy (non-hydrogen) atoms. The first-order valence-electron chi connectivity index (χ1n) is 7.22. The quantitative estimate of drug-likeness (QED) is 0.811. The van der Waals surface area contributed by atoms with Gasteiger partial charge in [-0.15, -0.1) is 0 Å². The molecule has 0 heterocycles. The lowest BCUT2D eigenvalue weighted by atomic mass is 10.1. The Kier molecular flexibility index (Phi) is 6.40. The predicted molar refractivity (Wildman–Crippen MR) is 81.7 cm³/mol. The minimum atomic E-state index is 0.144. The van der Waals surface area contributed by atoms with Crippen LogP contribution >= 0.6 is 0 Å². The average Bonchev–Trinajstić information content (AvgIpc) is 2.47. The lowest BCUT2D eigenvalue weighted by molar-refractivity contribution is 0.0685. The zero-order chi connectivity index (χ0) is 14.3. The van der Waals surface area contributed by atoms with Gasteiger partial charge in [-0.25, -0.2) is 0 Å². The highest BCUT2D eigenvalue weighted by Crippen LogP contribution is 2.14. The molecule has 0 aliphatic heterocycles. The molecule has 0 aromatic heterocycles. The molecule has 1 aromatic rings. The van der Waals surface area contributed by atoms with Crippen LogP contribution in [0.25, 0.3) is 0 Å². The topological polar surface area (TPSA) is 32.3 Å². The van der Waals surface area contributed by atoms with Crippen LogP contribution in [0.2, 0.25) is 0 Å². The smallest absolute Gasteiger partial charge is 0.254 e. The Labute approximate surface area is 117 Å². The van der Waals surface area contributed by atoms with Gasteiger partial charge in [0, 0.05) is 30.9 Å². The Bertz CT molecular complexity index is 386. The molecular weight excluding hydrogens is 236 g/mol. The molecule has 0 saturated heterocycles. The van der Waals surface area contributed by atoms with Crippen molar-refractivity contribution in [1.29, 1.82) is 0 Å². The van der Waals surface area contributed by atoms with Gasteiger partial charge in [-0.1, -0.05) is 20.3 Å². The van der Waals surface area contributed by atoms with Crippen LogP contribution in [0, 0.1) is 0 Å². The third kappa shape index (κ3) is 4.27. The molecular formula is C16H26N2O. The van der Waals surface area contributed by atoms with E-state index in [1.54, 1.807) is 0 Å². The molecule has 1 rings (SSSR count). The van der Waals surface area contributed by atoms with Crippen molar-refractivity contribution >= 4 is 11.6 Å². The van der Waals surface area contributed by atoms with Gasteiger partial charge >= 0.3 is 0 Å². The van der Waals surface area contributed by atoms with E-state index in [0.29, 0.717) is 6.04 Å². The molecule has 0 fully saturated rings. The van der Waals surface area contributed by atoms with Crippen LogP contribution in [-0.2, 0) is 0 Å². The summed E-state index contributed by atoms with van der Waals surface area (Å²) in [5.41, 5.74) is 1.80. The first-order valence-corrected chi connectivity index (χ1v) is 7.22. The second-order valence-corrected chi connectivity index (χ2v) is 4.94. The van der Waals surface area contributed by atoms with E-state index >= 15 is 0 Å². The van der Waals surface area contributed by atoms with Crippen molar-refractivity contribution < 1.29 is 4.79 Å². The monoisotopic (exact) mass is 262 g/mol. The molecule has 0 saturated carbocycles. The zero-order valence-corrected chi connectivity index (χ0v) is 12.6. The standard InChI is InChI=1S/C16H26N2O/c1-5-7-12-18(13(3)6-2)16(19)14-8-10-15(17-4)11-9-14/h8-11,13,17H,5-7,12H2,1-4H3. The van der Waals surface area contributed by atoms with Crippen LogP contribution in [0.5, 0.6) is 0 Å². The Morgan fingerprint density at radius 1 is 1.26 bits per heavy atom. The molecule has 1 amide bonds. The van der Waals surface area contributed by atoms with E-state index in [0.717, 1.165) is 37.1 Å². The third-order valence-corrected chi connectivity index (χ3v) is 3.56. The SMILES string of the molecule is CCCCN(C(=O)c1ccc(NC)cc1)C(C)CC. The van der Waals surface area contributed by atoms with Gasteiger partial charge in [-0.3, -0.25) is 4.79 Å². The minimum absolute atomic E-state index is 0.144. The van der Waals surface area contributed by atoms with Gasteiger partial charge in [-0.2, -0.15) is 0 Å². The summed E-state index contributed by atoms with van der Waals surface area (Å²) >= 11 is 0. The van der Waals surface area contributed by atoms with E-state index in [1.165, 1.54) is 0 Å². The number of amides is 1. The van der Waals surface area contributed by atoms with Gasteiger partial charge < -0.3 is 10.2 Å². The van der Waals surface area contributed by atoms with E-state index in [1.807, 2.05) is 36.2 Å². The number of hydrogen-bond acceptors (Lipinski definition) is 2. The summed E-state index contributed by atoms with van der Waals surface area (Å²) in [7, 11) is 1.88. The predicted octanol–water partition coefficient (Wildman–Crippen LogP) is 3.77. The molecule has 3 heteroatoms. The van der Waals surface area contributed by atoms with Crippen molar-refractivity contribution in [3.05, 3.63) is 29.8 Å². The number of nitrogens with zero attached hydrogens (tertiary/aromatic N) is 1. The molecule has 0 bridgehead atoms. The van der Waals surface area contributed by atoms with Crippen LogP contribution in [0.15, 0.2) is 24.3 Å². The second kappa shape index (κ2) is 7.82. The van der Waals surface area contributed by atoms with Gasteiger partial charge in [0.05, 0.1) is 0 Å². The Morgan fingerprint density at radius 2 is 1.89 bits per heavy atom. The lowest BCUT2D eigenvalue weighted by Crippen LogP contribution is -2.39. The zero-order valence-electron chi connectivity index (χ0n) is 12.6. The van der Waals surface area contributed by atoms with E-state index in [9.17, 15) is 4.79 Å². The fourth-order valence-corrected chi connectivity index (χ4v) is 2.02. The number of hydrogen-bond donors (Lipinski definition) is 1. The highest BCUT2D eigenvalue weighted by Gasteiger charge is 2.19. The summed E-state index contributed by atoms with van der Waals surface area (Å²) in [4.78, 5) is 14.6. The summed E-state index contributed by atoms with van der Waals surface area (Å²) in [6.07, 6.45) is 3.16. The molecule has 1 aromatic carbocycles. The molecule has 0 radical (unpaired) electrons. The second-order valence-electron chi connectivity index (χ2n) is 4.94. The van der Waals surface area contributed by atoms with Gasteiger partial charge in [0.2, 0.25) is 0 Å². The molecule has 0 aliphatic rings. The average molecular weight is 262 g/mol. The Hall–Kier alpha value is -1.51. The summed E-state index contributed by atoms with van der Waals surface area (Å²) in [5.74, 6) is 0.144. The number of unbranched alkanes of at least 4 members (excludes halogenated alkanes) is 1. The number of carbonyl (C=O) groups excluding carboxylic acids is 1. The van der Waals surface area contributed by atoms with Crippen molar-refractivity contribution in [2.45, 2.75) is 46.1 Å². The summed E-state index contributed by atoms with van der Waals surface area (Å²) in [5, 5.41) is 3.07. The van der Waals surface area contributed by atoms with Gasteiger partial charge in [0.15, 0.2) is 0 Å². The summed E-state index contributed by atoms with van der Waals surface area (Å²) < 4.78 is 0. The van der Waals surface area contributed by atoms with E-state index < -0.39 is 0 Å². The summed E-state index contributed by atoms with van der Waals surface area (Å²) in [6.45, 7) is 7.25. The van der Waals surface area contributed by atoms with Gasteiger partial charge in [0.1, 0.15) is 0 Å². The number of rotatable bonds is 7. The fraction of sp³-hybridized carbons (Fsp3) is 0.562. The maximum absolute atomic E-state index is 12.6. The van der Waals surface area contributed by atoms with Crippen LogP contribution < -0.4 is 5.32 Å². The molecule has 1 atom stereocenters. The highest BCUT2D eigenvalue weighted by molar-refractivity contribution is 5.94.